The number of nitrogens with zero attached hydrogens (tertiary/aromatic N) is 4. The van der Waals surface area contributed by atoms with Crippen LogP contribution in [0.15, 0.2) is 54.7 Å². The molecule has 4 rings (SSSR count). The molecule has 1 fully saturated rings. The highest BCUT2D eigenvalue weighted by Crippen LogP contribution is 2.36. The van der Waals surface area contributed by atoms with Crippen molar-refractivity contribution in [3.8, 4) is 34.3 Å². The zero-order valence-electron chi connectivity index (χ0n) is 18.1. The Morgan fingerprint density at radius 1 is 1.09 bits per heavy atom. The van der Waals surface area contributed by atoms with Gasteiger partial charge in [-0.1, -0.05) is 12.1 Å². The molecule has 0 amide bonds. The maximum absolute atomic E-state index is 12.8. The highest BCUT2D eigenvalue weighted by atomic mass is 19.4. The molecule has 1 aromatic heterocycles. The van der Waals surface area contributed by atoms with Crippen molar-refractivity contribution in [1.82, 2.24) is 14.9 Å². The minimum atomic E-state index is -4.20. The van der Waals surface area contributed by atoms with Crippen LogP contribution in [0.4, 0.5) is 13.2 Å². The average molecular weight is 452 g/mol. The molecule has 3 aromatic rings. The first-order valence-electron chi connectivity index (χ1n) is 10.7. The Hall–Kier alpha value is -3.44. The van der Waals surface area contributed by atoms with Crippen LogP contribution in [0.5, 0.6) is 5.75 Å². The number of likely N-dealkylation sites (tertiary alicyclic amines) is 1. The fourth-order valence-corrected chi connectivity index (χ4v) is 4.17. The van der Waals surface area contributed by atoms with Crippen LogP contribution in [0.2, 0.25) is 0 Å². The van der Waals surface area contributed by atoms with Crippen LogP contribution in [-0.4, -0.2) is 47.8 Å². The lowest BCUT2D eigenvalue weighted by Gasteiger charge is -2.32. The molecule has 0 saturated carbocycles. The SMILES string of the molecule is COc1cccc(-c2cnc(-c3ccc(C#N)cc3)nc2C2CCN(CC(F)(F)F)CC2)c1. The summed E-state index contributed by atoms with van der Waals surface area (Å²) < 4.78 is 43.8. The van der Waals surface area contributed by atoms with Crippen LogP contribution in [0.1, 0.15) is 30.0 Å². The molecule has 2 aromatic carbocycles. The van der Waals surface area contributed by atoms with Crippen LogP contribution in [0, 0.1) is 11.3 Å². The number of piperidine rings is 1. The summed E-state index contributed by atoms with van der Waals surface area (Å²) in [6.07, 6.45) is -1.27. The van der Waals surface area contributed by atoms with Gasteiger partial charge in [0.05, 0.1) is 31.0 Å². The van der Waals surface area contributed by atoms with Gasteiger partial charge in [-0.3, -0.25) is 4.90 Å². The zero-order valence-corrected chi connectivity index (χ0v) is 18.1. The number of halogens is 3. The highest BCUT2D eigenvalue weighted by Gasteiger charge is 2.33. The summed E-state index contributed by atoms with van der Waals surface area (Å²) in [5, 5.41) is 9.04. The summed E-state index contributed by atoms with van der Waals surface area (Å²) in [5.41, 5.74) is 3.89. The van der Waals surface area contributed by atoms with Gasteiger partial charge in [0.15, 0.2) is 5.82 Å². The number of aromatic nitrogens is 2. The zero-order chi connectivity index (χ0) is 23.4. The summed E-state index contributed by atoms with van der Waals surface area (Å²) in [6, 6.07) is 16.7. The number of methoxy groups -OCH3 is 1. The van der Waals surface area contributed by atoms with E-state index in [0.29, 0.717) is 43.1 Å². The smallest absolute Gasteiger partial charge is 0.401 e. The first kappa shape index (κ1) is 22.7. The van der Waals surface area contributed by atoms with Crippen molar-refractivity contribution in [3.05, 3.63) is 66.0 Å². The number of benzene rings is 2. The predicted octanol–water partition coefficient (Wildman–Crippen LogP) is 5.43. The van der Waals surface area contributed by atoms with E-state index in [1.165, 1.54) is 4.90 Å². The fraction of sp³-hybridized carbons (Fsp3) is 0.320. The topological polar surface area (TPSA) is 62.0 Å². The molecule has 1 saturated heterocycles. The number of rotatable bonds is 5. The standard InChI is InChI=1S/C25H23F3N4O/c1-33-21-4-2-3-20(13-21)22-15-30-24(19-7-5-17(14-29)6-8-19)31-23(22)18-9-11-32(12-10-18)16-25(26,27)28/h2-8,13,15,18H,9-12,16H2,1H3. The maximum Gasteiger partial charge on any atom is 0.401 e. The minimum Gasteiger partial charge on any atom is -0.497 e. The molecule has 0 radical (unpaired) electrons. The third-order valence-corrected chi connectivity index (χ3v) is 5.85. The van der Waals surface area contributed by atoms with E-state index in [-0.39, 0.29) is 5.92 Å². The number of hydrogen-bond donors (Lipinski definition) is 0. The van der Waals surface area contributed by atoms with Gasteiger partial charge >= 0.3 is 6.18 Å². The molecular weight excluding hydrogens is 429 g/mol. The predicted molar refractivity (Wildman–Crippen MR) is 119 cm³/mol. The van der Waals surface area contributed by atoms with Crippen LogP contribution < -0.4 is 4.74 Å². The Labute approximate surface area is 190 Å². The van der Waals surface area contributed by atoms with Crippen LogP contribution in [0.25, 0.3) is 22.5 Å². The van der Waals surface area contributed by atoms with Crippen molar-refractivity contribution in [2.45, 2.75) is 24.9 Å². The second-order valence-corrected chi connectivity index (χ2v) is 8.08. The second kappa shape index (κ2) is 9.59. The lowest BCUT2D eigenvalue weighted by molar-refractivity contribution is -0.147. The van der Waals surface area contributed by atoms with Crippen molar-refractivity contribution >= 4 is 0 Å². The van der Waals surface area contributed by atoms with Gasteiger partial charge < -0.3 is 4.74 Å². The molecule has 33 heavy (non-hydrogen) atoms. The van der Waals surface area contributed by atoms with Gasteiger partial charge in [-0.2, -0.15) is 18.4 Å². The Balaban J connectivity index is 1.69. The maximum atomic E-state index is 12.8. The van der Waals surface area contributed by atoms with E-state index >= 15 is 0 Å². The van der Waals surface area contributed by atoms with E-state index in [1.807, 2.05) is 24.3 Å². The molecule has 0 unspecified atom stereocenters. The largest absolute Gasteiger partial charge is 0.497 e. The Morgan fingerprint density at radius 2 is 1.82 bits per heavy atom. The summed E-state index contributed by atoms with van der Waals surface area (Å²) >= 11 is 0. The van der Waals surface area contributed by atoms with Crippen molar-refractivity contribution in [2.24, 2.45) is 0 Å². The fourth-order valence-electron chi connectivity index (χ4n) is 4.17. The van der Waals surface area contributed by atoms with Gasteiger partial charge in [0.1, 0.15) is 5.75 Å². The van der Waals surface area contributed by atoms with E-state index in [9.17, 15) is 13.2 Å². The summed E-state index contributed by atoms with van der Waals surface area (Å²) in [7, 11) is 1.60. The van der Waals surface area contributed by atoms with Crippen LogP contribution in [-0.2, 0) is 0 Å². The van der Waals surface area contributed by atoms with Crippen LogP contribution >= 0.6 is 0 Å². The monoisotopic (exact) mass is 452 g/mol. The molecule has 8 heteroatoms. The van der Waals surface area contributed by atoms with Gasteiger partial charge in [-0.15, -0.1) is 0 Å². The third kappa shape index (κ3) is 5.49. The van der Waals surface area contributed by atoms with E-state index in [0.717, 1.165) is 22.4 Å². The quantitative estimate of drug-likeness (QED) is 0.516. The minimum absolute atomic E-state index is 0.0100. The number of alkyl halides is 3. The van der Waals surface area contributed by atoms with Gasteiger partial charge in [0, 0.05) is 23.2 Å². The number of nitriles is 1. The van der Waals surface area contributed by atoms with Crippen molar-refractivity contribution in [1.29, 1.82) is 5.26 Å². The average Bonchev–Trinajstić information content (AvgIpc) is 2.83. The van der Waals surface area contributed by atoms with Gasteiger partial charge in [-0.05, 0) is 67.9 Å². The molecule has 0 atom stereocenters. The molecule has 0 spiro atoms. The molecule has 5 nitrogen and oxygen atoms in total. The molecule has 0 N–H and O–H groups in total. The van der Waals surface area contributed by atoms with E-state index in [2.05, 4.69) is 11.1 Å². The Morgan fingerprint density at radius 3 is 2.45 bits per heavy atom. The Bertz CT molecular complexity index is 1150. The molecular formula is C25H23F3N4O. The van der Waals surface area contributed by atoms with Gasteiger partial charge in [-0.25, -0.2) is 9.97 Å². The van der Waals surface area contributed by atoms with E-state index < -0.39 is 12.7 Å². The van der Waals surface area contributed by atoms with E-state index in [4.69, 9.17) is 15.0 Å². The Kier molecular flexibility index (Phi) is 6.61. The summed E-state index contributed by atoms with van der Waals surface area (Å²) in [5.74, 6) is 1.24. The first-order chi connectivity index (χ1) is 15.9. The van der Waals surface area contributed by atoms with Crippen LogP contribution in [0.3, 0.4) is 0 Å². The summed E-state index contributed by atoms with van der Waals surface area (Å²) in [4.78, 5) is 10.9. The molecule has 1 aliphatic rings. The van der Waals surface area contributed by atoms with E-state index in [1.54, 1.807) is 37.6 Å². The molecule has 170 valence electrons. The molecule has 0 bridgehead atoms. The lowest BCUT2D eigenvalue weighted by atomic mass is 9.88. The number of hydrogen-bond acceptors (Lipinski definition) is 5. The number of ether oxygens (including phenoxy) is 1. The summed E-state index contributed by atoms with van der Waals surface area (Å²) in [6.45, 7) is -0.168. The lowest BCUT2D eigenvalue weighted by Crippen LogP contribution is -2.39. The third-order valence-electron chi connectivity index (χ3n) is 5.85. The first-order valence-corrected chi connectivity index (χ1v) is 10.7. The second-order valence-electron chi connectivity index (χ2n) is 8.08. The highest BCUT2D eigenvalue weighted by molar-refractivity contribution is 5.69. The van der Waals surface area contributed by atoms with Crippen molar-refractivity contribution in [2.75, 3.05) is 26.7 Å². The van der Waals surface area contributed by atoms with Gasteiger partial charge in [0.25, 0.3) is 0 Å². The van der Waals surface area contributed by atoms with Crippen molar-refractivity contribution < 1.29 is 17.9 Å². The molecule has 0 aliphatic carbocycles. The van der Waals surface area contributed by atoms with Crippen molar-refractivity contribution in [3.63, 3.8) is 0 Å². The normalized spacial score (nSPS) is 15.2. The molecule has 2 heterocycles. The molecule has 1 aliphatic heterocycles. The van der Waals surface area contributed by atoms with Gasteiger partial charge in [0.2, 0.25) is 0 Å².